The summed E-state index contributed by atoms with van der Waals surface area (Å²) in [5.74, 6) is 0.285. The largest absolute Gasteiger partial charge is 0.374 e. The Morgan fingerprint density at radius 2 is 2.00 bits per heavy atom. The molecule has 0 aromatic heterocycles. The van der Waals surface area contributed by atoms with Gasteiger partial charge in [-0.15, -0.1) is 11.6 Å². The number of nitrogens with one attached hydrogen (secondary N) is 1. The summed E-state index contributed by atoms with van der Waals surface area (Å²) in [4.78, 5) is 11.9. The number of rotatable bonds is 3. The van der Waals surface area contributed by atoms with Crippen molar-refractivity contribution in [1.29, 1.82) is 0 Å². The van der Waals surface area contributed by atoms with Gasteiger partial charge in [-0.1, -0.05) is 6.92 Å². The molecular formula is C11H20ClNO2. The molecule has 1 aliphatic heterocycles. The molecule has 15 heavy (non-hydrogen) atoms. The van der Waals surface area contributed by atoms with Crippen LogP contribution in [-0.2, 0) is 9.53 Å². The Balaban J connectivity index is 2.51. The molecule has 1 heterocycles. The highest BCUT2D eigenvalue weighted by Gasteiger charge is 2.41. The molecule has 5 unspecified atom stereocenters. The zero-order valence-corrected chi connectivity index (χ0v) is 10.5. The SMILES string of the molecule is CC(Cl)CNC(=O)C1C(C)OC(C)C1C. The summed E-state index contributed by atoms with van der Waals surface area (Å²) in [7, 11) is 0. The third-order valence-corrected chi connectivity index (χ3v) is 3.26. The highest BCUT2D eigenvalue weighted by Crippen LogP contribution is 2.32. The third-order valence-electron chi connectivity index (χ3n) is 3.10. The molecule has 88 valence electrons. The van der Waals surface area contributed by atoms with Crippen molar-refractivity contribution in [3.05, 3.63) is 0 Å². The number of halogens is 1. The number of carbonyl (C=O) groups excluding carboxylic acids is 1. The summed E-state index contributed by atoms with van der Waals surface area (Å²) < 4.78 is 5.62. The van der Waals surface area contributed by atoms with Crippen molar-refractivity contribution in [1.82, 2.24) is 5.32 Å². The van der Waals surface area contributed by atoms with Crippen LogP contribution in [0.25, 0.3) is 0 Å². The van der Waals surface area contributed by atoms with Gasteiger partial charge in [0.25, 0.3) is 0 Å². The first-order valence-electron chi connectivity index (χ1n) is 5.50. The molecule has 3 nitrogen and oxygen atoms in total. The average molecular weight is 234 g/mol. The Hall–Kier alpha value is -0.280. The molecule has 5 atom stereocenters. The molecule has 1 rings (SSSR count). The highest BCUT2D eigenvalue weighted by molar-refractivity contribution is 6.20. The van der Waals surface area contributed by atoms with Crippen LogP contribution in [-0.4, -0.2) is 30.0 Å². The van der Waals surface area contributed by atoms with Crippen molar-refractivity contribution >= 4 is 17.5 Å². The van der Waals surface area contributed by atoms with Crippen LogP contribution in [0, 0.1) is 11.8 Å². The molecule has 0 aliphatic carbocycles. The van der Waals surface area contributed by atoms with Crippen molar-refractivity contribution in [2.24, 2.45) is 11.8 Å². The van der Waals surface area contributed by atoms with Gasteiger partial charge in [-0.05, 0) is 26.7 Å². The smallest absolute Gasteiger partial charge is 0.226 e. The lowest BCUT2D eigenvalue weighted by atomic mass is 9.89. The van der Waals surface area contributed by atoms with E-state index in [1.807, 2.05) is 20.8 Å². The molecule has 0 aromatic carbocycles. The van der Waals surface area contributed by atoms with E-state index in [4.69, 9.17) is 16.3 Å². The van der Waals surface area contributed by atoms with Gasteiger partial charge in [-0.25, -0.2) is 0 Å². The Bertz CT molecular complexity index is 233. The van der Waals surface area contributed by atoms with Crippen molar-refractivity contribution in [3.8, 4) is 0 Å². The Kier molecular flexibility index (Phi) is 4.41. The summed E-state index contributed by atoms with van der Waals surface area (Å²) in [5, 5.41) is 2.83. The molecule has 4 heteroatoms. The van der Waals surface area contributed by atoms with Crippen LogP contribution in [0.4, 0.5) is 0 Å². The van der Waals surface area contributed by atoms with Crippen LogP contribution in [0.1, 0.15) is 27.7 Å². The quantitative estimate of drug-likeness (QED) is 0.755. The van der Waals surface area contributed by atoms with Crippen LogP contribution in [0.2, 0.25) is 0 Å². The van der Waals surface area contributed by atoms with Crippen molar-refractivity contribution in [2.75, 3.05) is 6.54 Å². The second-order valence-electron chi connectivity index (χ2n) is 4.46. The van der Waals surface area contributed by atoms with Gasteiger partial charge in [0.1, 0.15) is 0 Å². The fraction of sp³-hybridized carbons (Fsp3) is 0.909. The molecule has 0 bridgehead atoms. The molecule has 1 amide bonds. The van der Waals surface area contributed by atoms with Crippen molar-refractivity contribution in [3.63, 3.8) is 0 Å². The summed E-state index contributed by atoms with van der Waals surface area (Å²) in [6.07, 6.45) is 0.157. The van der Waals surface area contributed by atoms with Crippen molar-refractivity contribution in [2.45, 2.75) is 45.3 Å². The van der Waals surface area contributed by atoms with Gasteiger partial charge in [0.2, 0.25) is 5.91 Å². The van der Waals surface area contributed by atoms with E-state index >= 15 is 0 Å². The summed E-state index contributed by atoms with van der Waals surface area (Å²) in [5.41, 5.74) is 0. The van der Waals surface area contributed by atoms with Crippen LogP contribution in [0.5, 0.6) is 0 Å². The summed E-state index contributed by atoms with van der Waals surface area (Å²) in [6.45, 7) is 8.41. The van der Waals surface area contributed by atoms with Gasteiger partial charge in [-0.2, -0.15) is 0 Å². The number of ether oxygens (including phenoxy) is 1. The Morgan fingerprint density at radius 1 is 1.40 bits per heavy atom. The molecule has 0 aromatic rings. The molecule has 1 fully saturated rings. The zero-order valence-electron chi connectivity index (χ0n) is 9.79. The lowest BCUT2D eigenvalue weighted by molar-refractivity contribution is -0.127. The van der Waals surface area contributed by atoms with E-state index in [0.29, 0.717) is 6.54 Å². The predicted octanol–water partition coefficient (Wildman–Crippen LogP) is 1.79. The maximum Gasteiger partial charge on any atom is 0.226 e. The van der Waals surface area contributed by atoms with E-state index < -0.39 is 0 Å². The van der Waals surface area contributed by atoms with E-state index in [1.54, 1.807) is 0 Å². The minimum Gasteiger partial charge on any atom is -0.374 e. The van der Waals surface area contributed by atoms with Crippen LogP contribution in [0.3, 0.4) is 0 Å². The third kappa shape index (κ3) is 3.08. The standard InChI is InChI=1S/C11H20ClNO2/c1-6(12)5-13-11(14)10-7(2)8(3)15-9(10)4/h6-10H,5H2,1-4H3,(H,13,14). The number of carbonyl (C=O) groups is 1. The van der Waals surface area contributed by atoms with Gasteiger partial charge < -0.3 is 10.1 Å². The number of amides is 1. The predicted molar refractivity (Wildman–Crippen MR) is 61.0 cm³/mol. The molecule has 0 spiro atoms. The highest BCUT2D eigenvalue weighted by atomic mass is 35.5. The van der Waals surface area contributed by atoms with Gasteiger partial charge in [-0.3, -0.25) is 4.79 Å². The van der Waals surface area contributed by atoms with Gasteiger partial charge >= 0.3 is 0 Å². The van der Waals surface area contributed by atoms with E-state index in [0.717, 1.165) is 0 Å². The lowest BCUT2D eigenvalue weighted by Crippen LogP contribution is -2.39. The first-order chi connectivity index (χ1) is 6.93. The molecule has 1 N–H and O–H groups in total. The van der Waals surface area contributed by atoms with Crippen molar-refractivity contribution < 1.29 is 9.53 Å². The van der Waals surface area contributed by atoms with Gasteiger partial charge in [0.15, 0.2) is 0 Å². The summed E-state index contributed by atoms with van der Waals surface area (Å²) in [6, 6.07) is 0. The first kappa shape index (κ1) is 12.8. The fourth-order valence-corrected chi connectivity index (χ4v) is 2.15. The van der Waals surface area contributed by atoms with Gasteiger partial charge in [0.05, 0.1) is 18.1 Å². The number of hydrogen-bond donors (Lipinski definition) is 1. The molecular weight excluding hydrogens is 214 g/mol. The lowest BCUT2D eigenvalue weighted by Gasteiger charge is -2.18. The zero-order chi connectivity index (χ0) is 11.6. The maximum atomic E-state index is 11.9. The van der Waals surface area contributed by atoms with E-state index in [9.17, 15) is 4.79 Å². The minimum atomic E-state index is -0.0459. The topological polar surface area (TPSA) is 38.3 Å². The van der Waals surface area contributed by atoms with E-state index in [1.165, 1.54) is 0 Å². The molecule has 1 aliphatic rings. The van der Waals surface area contributed by atoms with E-state index in [2.05, 4.69) is 12.2 Å². The Labute approximate surface area is 96.5 Å². The first-order valence-corrected chi connectivity index (χ1v) is 5.94. The average Bonchev–Trinajstić information content (AvgIpc) is 2.37. The molecule has 1 saturated heterocycles. The minimum absolute atomic E-state index is 0.000585. The maximum absolute atomic E-state index is 11.9. The van der Waals surface area contributed by atoms with E-state index in [-0.39, 0.29) is 35.3 Å². The number of alkyl halides is 1. The summed E-state index contributed by atoms with van der Waals surface area (Å²) >= 11 is 5.78. The van der Waals surface area contributed by atoms with Crippen LogP contribution >= 0.6 is 11.6 Å². The molecule has 0 saturated carbocycles. The van der Waals surface area contributed by atoms with Crippen LogP contribution < -0.4 is 5.32 Å². The normalized spacial score (nSPS) is 37.7. The fourth-order valence-electron chi connectivity index (χ4n) is 2.08. The second-order valence-corrected chi connectivity index (χ2v) is 5.20. The monoisotopic (exact) mass is 233 g/mol. The number of hydrogen-bond acceptors (Lipinski definition) is 2. The van der Waals surface area contributed by atoms with Gasteiger partial charge in [0, 0.05) is 11.9 Å². The second kappa shape index (κ2) is 5.17. The van der Waals surface area contributed by atoms with Crippen LogP contribution in [0.15, 0.2) is 0 Å². The molecule has 0 radical (unpaired) electrons. The Morgan fingerprint density at radius 3 is 2.40 bits per heavy atom.